The van der Waals surface area contributed by atoms with Gasteiger partial charge in [0.2, 0.25) is 5.88 Å². The summed E-state index contributed by atoms with van der Waals surface area (Å²) < 4.78 is 32.9. The molecule has 0 unspecified atom stereocenters. The number of benzene rings is 1. The first-order valence-electron chi connectivity index (χ1n) is 8.44. The first-order valence-corrected chi connectivity index (χ1v) is 9.92. The fraction of sp³-hybridized carbons (Fsp3) is 0.211. The maximum Gasteiger partial charge on any atom is 0.263 e. The molecular formula is C19H20N4O3S. The van der Waals surface area contributed by atoms with Crippen LogP contribution >= 0.6 is 0 Å². The van der Waals surface area contributed by atoms with Crippen LogP contribution in [0.3, 0.4) is 0 Å². The molecule has 3 rings (SSSR count). The van der Waals surface area contributed by atoms with Crippen LogP contribution in [0.15, 0.2) is 65.8 Å². The lowest BCUT2D eigenvalue weighted by Crippen LogP contribution is -2.13. The van der Waals surface area contributed by atoms with Gasteiger partial charge in [0.15, 0.2) is 0 Å². The van der Waals surface area contributed by atoms with Crippen molar-refractivity contribution in [2.45, 2.75) is 18.7 Å². The Bertz CT molecular complexity index is 991. The van der Waals surface area contributed by atoms with Gasteiger partial charge >= 0.3 is 0 Å². The van der Waals surface area contributed by atoms with Gasteiger partial charge in [0.1, 0.15) is 4.90 Å². The monoisotopic (exact) mass is 384 g/mol. The van der Waals surface area contributed by atoms with E-state index in [1.807, 2.05) is 6.07 Å². The molecule has 0 aliphatic heterocycles. The number of ether oxygens (including phenoxy) is 1. The summed E-state index contributed by atoms with van der Waals surface area (Å²) in [5, 5.41) is 8.22. The molecule has 0 amide bonds. The number of hydrogen-bond donors (Lipinski definition) is 1. The highest BCUT2D eigenvalue weighted by Crippen LogP contribution is 2.23. The van der Waals surface area contributed by atoms with Crippen molar-refractivity contribution in [2.75, 3.05) is 11.3 Å². The smallest absolute Gasteiger partial charge is 0.263 e. The largest absolute Gasteiger partial charge is 0.476 e. The van der Waals surface area contributed by atoms with E-state index < -0.39 is 10.0 Å². The molecule has 8 heteroatoms. The Morgan fingerprint density at radius 1 is 1.07 bits per heavy atom. The molecule has 1 aromatic carbocycles. The van der Waals surface area contributed by atoms with E-state index in [0.29, 0.717) is 29.8 Å². The van der Waals surface area contributed by atoms with Crippen molar-refractivity contribution in [2.24, 2.45) is 5.92 Å². The van der Waals surface area contributed by atoms with E-state index in [-0.39, 0.29) is 4.90 Å². The molecule has 0 bridgehead atoms. The predicted octanol–water partition coefficient (Wildman–Crippen LogP) is 3.37. The average Bonchev–Trinajstić information content (AvgIpc) is 2.67. The summed E-state index contributed by atoms with van der Waals surface area (Å²) in [6, 6.07) is 13.6. The van der Waals surface area contributed by atoms with Crippen molar-refractivity contribution in [3.63, 3.8) is 0 Å². The zero-order chi connectivity index (χ0) is 19.3. The van der Waals surface area contributed by atoms with E-state index in [4.69, 9.17) is 4.74 Å². The van der Waals surface area contributed by atoms with Gasteiger partial charge in [0.25, 0.3) is 10.0 Å². The molecule has 0 spiro atoms. The predicted molar refractivity (Wildman–Crippen MR) is 103 cm³/mol. The average molecular weight is 384 g/mol. The van der Waals surface area contributed by atoms with Crippen LogP contribution < -0.4 is 9.46 Å². The molecule has 7 nitrogen and oxygen atoms in total. The summed E-state index contributed by atoms with van der Waals surface area (Å²) in [4.78, 5) is 3.94. The first kappa shape index (κ1) is 18.8. The van der Waals surface area contributed by atoms with Gasteiger partial charge in [-0.05, 0) is 36.2 Å². The van der Waals surface area contributed by atoms with E-state index in [1.165, 1.54) is 18.5 Å². The maximum absolute atomic E-state index is 12.4. The van der Waals surface area contributed by atoms with Gasteiger partial charge in [0.05, 0.1) is 12.3 Å². The molecule has 140 valence electrons. The van der Waals surface area contributed by atoms with Crippen molar-refractivity contribution in [1.82, 2.24) is 15.2 Å². The van der Waals surface area contributed by atoms with E-state index >= 15 is 0 Å². The summed E-state index contributed by atoms with van der Waals surface area (Å²) in [7, 11) is -3.70. The molecule has 0 fully saturated rings. The second-order valence-corrected chi connectivity index (χ2v) is 8.02. The third kappa shape index (κ3) is 5.01. The standard InChI is InChI=1S/C19H20N4O3S/c1-14(2)13-26-19-9-8-18(21-22-19)15-5-3-6-16(11-15)23-27(24,25)17-7-4-10-20-12-17/h3-12,14,23H,13H2,1-2H3. The zero-order valence-electron chi connectivity index (χ0n) is 15.0. The van der Waals surface area contributed by atoms with Crippen LogP contribution in [-0.4, -0.2) is 30.2 Å². The Labute approximate surface area is 158 Å². The SMILES string of the molecule is CC(C)COc1ccc(-c2cccc(NS(=O)(=O)c3cccnc3)c2)nn1. The van der Waals surface area contributed by atoms with Gasteiger partial charge < -0.3 is 4.74 Å². The van der Waals surface area contributed by atoms with E-state index in [9.17, 15) is 8.42 Å². The van der Waals surface area contributed by atoms with Crippen molar-refractivity contribution in [3.8, 4) is 17.1 Å². The molecule has 0 atom stereocenters. The highest BCUT2D eigenvalue weighted by atomic mass is 32.2. The molecule has 1 N–H and O–H groups in total. The number of nitrogens with zero attached hydrogens (tertiary/aromatic N) is 3. The normalized spacial score (nSPS) is 11.4. The molecule has 27 heavy (non-hydrogen) atoms. The van der Waals surface area contributed by atoms with Gasteiger partial charge in [-0.1, -0.05) is 26.0 Å². The number of anilines is 1. The van der Waals surface area contributed by atoms with Crippen molar-refractivity contribution in [1.29, 1.82) is 0 Å². The van der Waals surface area contributed by atoms with Crippen LogP contribution in [0, 0.1) is 5.92 Å². The minimum atomic E-state index is -3.70. The summed E-state index contributed by atoms with van der Waals surface area (Å²) in [6.07, 6.45) is 2.82. The van der Waals surface area contributed by atoms with Crippen LogP contribution in [0.4, 0.5) is 5.69 Å². The Morgan fingerprint density at radius 2 is 1.93 bits per heavy atom. The summed E-state index contributed by atoms with van der Waals surface area (Å²) in [5.74, 6) is 0.858. The third-order valence-corrected chi connectivity index (χ3v) is 4.93. The van der Waals surface area contributed by atoms with Gasteiger partial charge in [0, 0.05) is 29.7 Å². The van der Waals surface area contributed by atoms with E-state index in [0.717, 1.165) is 5.56 Å². The lowest BCUT2D eigenvalue weighted by atomic mass is 10.1. The Kier molecular flexibility index (Phi) is 5.66. The molecule has 0 saturated carbocycles. The number of hydrogen-bond acceptors (Lipinski definition) is 6. The minimum Gasteiger partial charge on any atom is -0.476 e. The van der Waals surface area contributed by atoms with E-state index in [1.54, 1.807) is 36.4 Å². The molecule has 2 heterocycles. The number of aromatic nitrogens is 3. The highest BCUT2D eigenvalue weighted by Gasteiger charge is 2.14. The Balaban J connectivity index is 1.78. The molecule has 0 radical (unpaired) electrons. The van der Waals surface area contributed by atoms with Crippen LogP contribution in [0.1, 0.15) is 13.8 Å². The van der Waals surface area contributed by atoms with Crippen LogP contribution in [0.25, 0.3) is 11.3 Å². The lowest BCUT2D eigenvalue weighted by molar-refractivity contribution is 0.258. The van der Waals surface area contributed by atoms with Gasteiger partial charge in [-0.3, -0.25) is 9.71 Å². The number of sulfonamides is 1. The quantitative estimate of drug-likeness (QED) is 0.671. The first-order chi connectivity index (χ1) is 12.9. The highest BCUT2D eigenvalue weighted by molar-refractivity contribution is 7.92. The van der Waals surface area contributed by atoms with Crippen molar-refractivity contribution >= 4 is 15.7 Å². The molecule has 0 aliphatic carbocycles. The summed E-state index contributed by atoms with van der Waals surface area (Å²) >= 11 is 0. The molecule has 2 aromatic heterocycles. The second-order valence-electron chi connectivity index (χ2n) is 6.34. The molecule has 3 aromatic rings. The van der Waals surface area contributed by atoms with E-state index in [2.05, 4.69) is 33.8 Å². The number of rotatable bonds is 7. The zero-order valence-corrected chi connectivity index (χ0v) is 15.8. The van der Waals surface area contributed by atoms with Gasteiger partial charge in [-0.2, -0.15) is 0 Å². The number of pyridine rings is 1. The third-order valence-electron chi connectivity index (χ3n) is 3.56. The van der Waals surface area contributed by atoms with Crippen LogP contribution in [0.2, 0.25) is 0 Å². The van der Waals surface area contributed by atoms with Gasteiger partial charge in [-0.15, -0.1) is 10.2 Å². The molecule has 0 aliphatic rings. The lowest BCUT2D eigenvalue weighted by Gasteiger charge is -2.10. The van der Waals surface area contributed by atoms with Crippen LogP contribution in [0.5, 0.6) is 5.88 Å². The minimum absolute atomic E-state index is 0.0989. The Morgan fingerprint density at radius 3 is 2.59 bits per heavy atom. The Hall–Kier alpha value is -3.00. The van der Waals surface area contributed by atoms with Gasteiger partial charge in [-0.25, -0.2) is 8.42 Å². The summed E-state index contributed by atoms with van der Waals surface area (Å²) in [6.45, 7) is 4.68. The number of nitrogens with one attached hydrogen (secondary N) is 1. The topological polar surface area (TPSA) is 94.1 Å². The maximum atomic E-state index is 12.4. The fourth-order valence-corrected chi connectivity index (χ4v) is 3.28. The summed E-state index contributed by atoms with van der Waals surface area (Å²) in [5.41, 5.74) is 1.79. The molecular weight excluding hydrogens is 364 g/mol. The van der Waals surface area contributed by atoms with Crippen LogP contribution in [-0.2, 0) is 10.0 Å². The molecule has 0 saturated heterocycles. The fourth-order valence-electron chi connectivity index (χ4n) is 2.27. The second kappa shape index (κ2) is 8.13. The van der Waals surface area contributed by atoms with Crippen molar-refractivity contribution < 1.29 is 13.2 Å². The van der Waals surface area contributed by atoms with Crippen molar-refractivity contribution in [3.05, 3.63) is 60.9 Å².